The van der Waals surface area contributed by atoms with Crippen LogP contribution in [0, 0.1) is 5.82 Å². The fourth-order valence-electron chi connectivity index (χ4n) is 1.63. The van der Waals surface area contributed by atoms with E-state index in [4.69, 9.17) is 0 Å². The monoisotopic (exact) mass is 313 g/mol. The molecule has 1 aromatic heterocycles. The maximum absolute atomic E-state index is 13.8. The van der Waals surface area contributed by atoms with E-state index >= 15 is 0 Å². The van der Waals surface area contributed by atoms with Crippen LogP contribution in [0.25, 0.3) is 11.1 Å². The minimum Gasteiger partial charge on any atom is -0.313 e. The summed E-state index contributed by atoms with van der Waals surface area (Å²) in [5.74, 6) is -0.177. The van der Waals surface area contributed by atoms with E-state index in [2.05, 4.69) is 28.2 Å². The zero-order chi connectivity index (χ0) is 12.3. The lowest BCUT2D eigenvalue weighted by Gasteiger charge is -2.07. The number of benzene rings is 1. The molecule has 2 aromatic rings. The molecule has 0 saturated heterocycles. The maximum atomic E-state index is 13.8. The van der Waals surface area contributed by atoms with Crippen LogP contribution in [0.15, 0.2) is 33.4 Å². The first-order valence-corrected chi connectivity index (χ1v) is 7.17. The van der Waals surface area contributed by atoms with Gasteiger partial charge in [-0.3, -0.25) is 0 Å². The Labute approximate surface area is 113 Å². The average Bonchev–Trinajstić information content (AvgIpc) is 2.74. The van der Waals surface area contributed by atoms with Crippen molar-refractivity contribution in [3.8, 4) is 11.1 Å². The molecule has 1 heterocycles. The van der Waals surface area contributed by atoms with Gasteiger partial charge in [0.05, 0.1) is 0 Å². The van der Waals surface area contributed by atoms with Crippen molar-refractivity contribution in [3.05, 3.63) is 44.8 Å². The Morgan fingerprint density at radius 1 is 1.29 bits per heavy atom. The first kappa shape index (κ1) is 12.7. The molecular formula is C13H13BrFNS. The highest BCUT2D eigenvalue weighted by Gasteiger charge is 2.10. The number of nitrogens with one attached hydrogen (secondary N) is 1. The summed E-state index contributed by atoms with van der Waals surface area (Å²) in [6.07, 6.45) is 0. The number of hydrogen-bond donors (Lipinski definition) is 1. The van der Waals surface area contributed by atoms with E-state index in [1.54, 1.807) is 11.3 Å². The van der Waals surface area contributed by atoms with E-state index in [1.165, 1.54) is 6.07 Å². The standard InChI is InChI=1S/C13H13BrFNS/c1-2-16-6-9-3-4-13(15)10(5-9)11-7-17-8-12(11)14/h3-5,7-8,16H,2,6H2,1H3. The summed E-state index contributed by atoms with van der Waals surface area (Å²) < 4.78 is 14.7. The molecule has 0 aliphatic carbocycles. The summed E-state index contributed by atoms with van der Waals surface area (Å²) in [7, 11) is 0. The molecule has 0 aliphatic heterocycles. The third kappa shape index (κ3) is 2.94. The summed E-state index contributed by atoms with van der Waals surface area (Å²) in [6.45, 7) is 3.74. The Hall–Kier alpha value is -0.710. The van der Waals surface area contributed by atoms with Gasteiger partial charge in [0.25, 0.3) is 0 Å². The maximum Gasteiger partial charge on any atom is 0.131 e. The lowest BCUT2D eigenvalue weighted by molar-refractivity contribution is 0.629. The minimum absolute atomic E-state index is 0.177. The van der Waals surface area contributed by atoms with E-state index in [-0.39, 0.29) is 5.82 Å². The normalized spacial score (nSPS) is 10.8. The van der Waals surface area contributed by atoms with Crippen molar-refractivity contribution in [2.24, 2.45) is 0 Å². The predicted molar refractivity (Wildman–Crippen MR) is 74.8 cm³/mol. The summed E-state index contributed by atoms with van der Waals surface area (Å²) in [4.78, 5) is 0. The van der Waals surface area contributed by atoms with Crippen molar-refractivity contribution < 1.29 is 4.39 Å². The van der Waals surface area contributed by atoms with Gasteiger partial charge in [-0.2, -0.15) is 11.3 Å². The third-order valence-electron chi connectivity index (χ3n) is 2.51. The molecule has 4 heteroatoms. The zero-order valence-electron chi connectivity index (χ0n) is 9.47. The van der Waals surface area contributed by atoms with Crippen LogP contribution in [-0.2, 0) is 6.54 Å². The molecule has 0 radical (unpaired) electrons. The third-order valence-corrected chi connectivity index (χ3v) is 4.22. The molecule has 1 nitrogen and oxygen atoms in total. The second kappa shape index (κ2) is 5.76. The van der Waals surface area contributed by atoms with E-state index in [9.17, 15) is 4.39 Å². The van der Waals surface area contributed by atoms with Crippen LogP contribution >= 0.6 is 27.3 Å². The summed E-state index contributed by atoms with van der Waals surface area (Å²) in [5.41, 5.74) is 2.68. The molecule has 0 fully saturated rings. The van der Waals surface area contributed by atoms with Crippen molar-refractivity contribution >= 4 is 27.3 Å². The summed E-state index contributed by atoms with van der Waals surface area (Å²) in [6, 6.07) is 5.26. The Morgan fingerprint density at radius 3 is 2.76 bits per heavy atom. The second-order valence-corrected chi connectivity index (χ2v) is 5.33. The first-order chi connectivity index (χ1) is 8.22. The van der Waals surface area contributed by atoms with Gasteiger partial charge >= 0.3 is 0 Å². The lowest BCUT2D eigenvalue weighted by Crippen LogP contribution is -2.11. The topological polar surface area (TPSA) is 12.0 Å². The number of rotatable bonds is 4. The summed E-state index contributed by atoms with van der Waals surface area (Å²) >= 11 is 5.01. The fourth-order valence-corrected chi connectivity index (χ4v) is 3.14. The van der Waals surface area contributed by atoms with Gasteiger partial charge < -0.3 is 5.32 Å². The number of thiophene rings is 1. The van der Waals surface area contributed by atoms with Gasteiger partial charge in [-0.1, -0.05) is 13.0 Å². The molecular weight excluding hydrogens is 301 g/mol. The van der Waals surface area contributed by atoms with Crippen molar-refractivity contribution in [2.45, 2.75) is 13.5 Å². The Kier molecular flexibility index (Phi) is 4.31. The molecule has 0 bridgehead atoms. The largest absolute Gasteiger partial charge is 0.313 e. The van der Waals surface area contributed by atoms with E-state index in [0.29, 0.717) is 5.56 Å². The number of hydrogen-bond acceptors (Lipinski definition) is 2. The number of halogens is 2. The molecule has 0 aliphatic rings. The van der Waals surface area contributed by atoms with Gasteiger partial charge in [0.1, 0.15) is 5.82 Å². The van der Waals surface area contributed by atoms with E-state index < -0.39 is 0 Å². The molecule has 0 amide bonds. The molecule has 90 valence electrons. The molecule has 1 N–H and O–H groups in total. The van der Waals surface area contributed by atoms with E-state index in [1.807, 2.05) is 22.9 Å². The Bertz CT molecular complexity index is 510. The highest BCUT2D eigenvalue weighted by Crippen LogP contribution is 2.33. The smallest absolute Gasteiger partial charge is 0.131 e. The second-order valence-electron chi connectivity index (χ2n) is 3.73. The van der Waals surface area contributed by atoms with Crippen LogP contribution in [0.4, 0.5) is 4.39 Å². The molecule has 0 unspecified atom stereocenters. The van der Waals surface area contributed by atoms with Crippen LogP contribution in [0.5, 0.6) is 0 Å². The Balaban J connectivity index is 2.36. The summed E-state index contributed by atoms with van der Waals surface area (Å²) in [5, 5.41) is 7.16. The van der Waals surface area contributed by atoms with Gasteiger partial charge in [0, 0.05) is 27.5 Å². The predicted octanol–water partition coefficient (Wildman–Crippen LogP) is 4.43. The van der Waals surface area contributed by atoms with Crippen molar-refractivity contribution in [1.29, 1.82) is 0 Å². The Morgan fingerprint density at radius 2 is 2.12 bits per heavy atom. The van der Waals surface area contributed by atoms with Crippen LogP contribution in [0.3, 0.4) is 0 Å². The van der Waals surface area contributed by atoms with Crippen molar-refractivity contribution in [1.82, 2.24) is 5.32 Å². The van der Waals surface area contributed by atoms with Crippen LogP contribution in [-0.4, -0.2) is 6.54 Å². The highest BCUT2D eigenvalue weighted by atomic mass is 79.9. The van der Waals surface area contributed by atoms with Crippen molar-refractivity contribution in [3.63, 3.8) is 0 Å². The van der Waals surface area contributed by atoms with Gasteiger partial charge in [-0.15, -0.1) is 0 Å². The minimum atomic E-state index is -0.177. The molecule has 1 aromatic carbocycles. The zero-order valence-corrected chi connectivity index (χ0v) is 11.9. The molecule has 17 heavy (non-hydrogen) atoms. The van der Waals surface area contributed by atoms with Gasteiger partial charge in [-0.05, 0) is 45.6 Å². The van der Waals surface area contributed by atoms with Gasteiger partial charge in [-0.25, -0.2) is 4.39 Å². The van der Waals surface area contributed by atoms with Crippen LogP contribution < -0.4 is 5.32 Å². The first-order valence-electron chi connectivity index (χ1n) is 5.43. The SMILES string of the molecule is CCNCc1ccc(F)c(-c2cscc2Br)c1. The lowest BCUT2D eigenvalue weighted by atomic mass is 10.1. The van der Waals surface area contributed by atoms with Gasteiger partial charge in [0.2, 0.25) is 0 Å². The van der Waals surface area contributed by atoms with Gasteiger partial charge in [0.15, 0.2) is 0 Å². The molecule has 0 spiro atoms. The highest BCUT2D eigenvalue weighted by molar-refractivity contribution is 9.10. The molecule has 2 rings (SSSR count). The molecule has 0 saturated carbocycles. The quantitative estimate of drug-likeness (QED) is 0.880. The van der Waals surface area contributed by atoms with Crippen molar-refractivity contribution in [2.75, 3.05) is 6.54 Å². The fraction of sp³-hybridized carbons (Fsp3) is 0.231. The van der Waals surface area contributed by atoms with Crippen LogP contribution in [0.2, 0.25) is 0 Å². The van der Waals surface area contributed by atoms with E-state index in [0.717, 1.165) is 28.7 Å². The average molecular weight is 314 g/mol. The molecule has 0 atom stereocenters. The van der Waals surface area contributed by atoms with Crippen LogP contribution in [0.1, 0.15) is 12.5 Å².